The van der Waals surface area contributed by atoms with Gasteiger partial charge in [-0.3, -0.25) is 0 Å². The Kier molecular flexibility index (Phi) is 4.29. The van der Waals surface area contributed by atoms with E-state index >= 15 is 0 Å². The summed E-state index contributed by atoms with van der Waals surface area (Å²) in [4.78, 5) is 24.5. The smallest absolute Gasteiger partial charge is 0.349 e. The van der Waals surface area contributed by atoms with E-state index in [-0.39, 0.29) is 5.57 Å². The highest BCUT2D eigenvalue weighted by atomic mass is 35.5. The molecule has 0 radical (unpaired) electrons. The Morgan fingerprint density at radius 1 is 0.962 bits per heavy atom. The van der Waals surface area contributed by atoms with E-state index in [9.17, 15) is 9.59 Å². The standard InChI is InChI=1S/C19H14Cl2O5/c20-11-3-5-15(21)13(9-11)16-6-4-12(24-16)10-14-17(22)25-19(26-18(14)23)7-1-2-8-19/h3-6,9-10H,1-2,7-8H2. The zero-order valence-corrected chi connectivity index (χ0v) is 15.1. The van der Waals surface area contributed by atoms with Crippen LogP contribution >= 0.6 is 23.2 Å². The zero-order chi connectivity index (χ0) is 18.3. The molecule has 5 nitrogen and oxygen atoms in total. The fraction of sp³-hybridized carbons (Fsp3) is 0.263. The van der Waals surface area contributed by atoms with E-state index in [4.69, 9.17) is 37.1 Å². The monoisotopic (exact) mass is 392 g/mol. The summed E-state index contributed by atoms with van der Waals surface area (Å²) in [7, 11) is 0. The van der Waals surface area contributed by atoms with Crippen LogP contribution in [0.25, 0.3) is 17.4 Å². The summed E-state index contributed by atoms with van der Waals surface area (Å²) in [5.41, 5.74) is 0.420. The Balaban J connectivity index is 1.61. The molecule has 1 saturated carbocycles. The van der Waals surface area contributed by atoms with Gasteiger partial charge in [0, 0.05) is 29.5 Å². The number of hydrogen-bond donors (Lipinski definition) is 0. The molecule has 1 aliphatic carbocycles. The van der Waals surface area contributed by atoms with E-state index in [2.05, 4.69) is 0 Å². The molecule has 0 N–H and O–H groups in total. The van der Waals surface area contributed by atoms with Crippen LogP contribution in [0.15, 0.2) is 40.3 Å². The number of rotatable bonds is 2. The first kappa shape index (κ1) is 17.2. The molecular formula is C19H14Cl2O5. The van der Waals surface area contributed by atoms with Gasteiger partial charge in [-0.2, -0.15) is 0 Å². The number of esters is 2. The average Bonchev–Trinajstić information content (AvgIpc) is 3.23. The fourth-order valence-electron chi connectivity index (χ4n) is 3.19. The van der Waals surface area contributed by atoms with Gasteiger partial charge in [0.2, 0.25) is 0 Å². The van der Waals surface area contributed by atoms with Gasteiger partial charge in [0.15, 0.2) is 0 Å². The molecule has 134 valence electrons. The topological polar surface area (TPSA) is 65.7 Å². The van der Waals surface area contributed by atoms with E-state index in [1.54, 1.807) is 30.3 Å². The summed E-state index contributed by atoms with van der Waals surface area (Å²) in [5.74, 6) is -1.70. The summed E-state index contributed by atoms with van der Waals surface area (Å²) in [6.07, 6.45) is 4.11. The maximum Gasteiger partial charge on any atom is 0.349 e. The number of benzene rings is 1. The summed E-state index contributed by atoms with van der Waals surface area (Å²) >= 11 is 12.2. The van der Waals surface area contributed by atoms with Gasteiger partial charge in [0.1, 0.15) is 17.1 Å². The van der Waals surface area contributed by atoms with Gasteiger partial charge in [-0.05, 0) is 43.2 Å². The molecule has 2 fully saturated rings. The Hall–Kier alpha value is -2.24. The van der Waals surface area contributed by atoms with Crippen LogP contribution in [0.2, 0.25) is 10.0 Å². The molecule has 0 unspecified atom stereocenters. The van der Waals surface area contributed by atoms with Crippen molar-refractivity contribution in [3.05, 3.63) is 51.7 Å². The first-order valence-electron chi connectivity index (χ1n) is 8.19. The molecule has 0 amide bonds. The van der Waals surface area contributed by atoms with Crippen molar-refractivity contribution in [2.75, 3.05) is 0 Å². The predicted octanol–water partition coefficient (Wildman–Crippen LogP) is 5.01. The molecule has 4 rings (SSSR count). The minimum Gasteiger partial charge on any atom is -0.457 e. The quantitative estimate of drug-likeness (QED) is 0.408. The summed E-state index contributed by atoms with van der Waals surface area (Å²) < 4.78 is 16.5. The Morgan fingerprint density at radius 2 is 1.65 bits per heavy atom. The van der Waals surface area contributed by atoms with Crippen molar-refractivity contribution in [2.45, 2.75) is 31.5 Å². The lowest BCUT2D eigenvalue weighted by Gasteiger charge is -2.32. The van der Waals surface area contributed by atoms with Gasteiger partial charge in [-0.15, -0.1) is 0 Å². The fourth-order valence-corrected chi connectivity index (χ4v) is 3.57. The number of carbonyl (C=O) groups is 2. The van der Waals surface area contributed by atoms with Crippen LogP contribution in [0, 0.1) is 0 Å². The third-order valence-electron chi connectivity index (χ3n) is 4.47. The Morgan fingerprint density at radius 3 is 2.35 bits per heavy atom. The molecule has 1 saturated heterocycles. The molecule has 7 heteroatoms. The van der Waals surface area contributed by atoms with Crippen molar-refractivity contribution in [3.63, 3.8) is 0 Å². The van der Waals surface area contributed by atoms with Gasteiger partial charge >= 0.3 is 11.9 Å². The molecule has 26 heavy (non-hydrogen) atoms. The lowest BCUT2D eigenvalue weighted by molar-refractivity contribution is -0.232. The summed E-state index contributed by atoms with van der Waals surface area (Å²) in [5, 5.41) is 0.990. The minimum atomic E-state index is -1.09. The third-order valence-corrected chi connectivity index (χ3v) is 5.03. The van der Waals surface area contributed by atoms with Gasteiger partial charge in [0.25, 0.3) is 5.79 Å². The van der Waals surface area contributed by atoms with E-state index in [0.717, 1.165) is 12.8 Å². The second-order valence-electron chi connectivity index (χ2n) is 6.28. The largest absolute Gasteiger partial charge is 0.457 e. The lowest BCUT2D eigenvalue weighted by atomic mass is 10.1. The van der Waals surface area contributed by atoms with Gasteiger partial charge in [-0.25, -0.2) is 9.59 Å². The summed E-state index contributed by atoms with van der Waals surface area (Å²) in [6, 6.07) is 8.32. The SMILES string of the molecule is O=C1OC2(CCCC2)OC(=O)C1=Cc1ccc(-c2cc(Cl)ccc2Cl)o1. The van der Waals surface area contributed by atoms with Crippen molar-refractivity contribution in [3.8, 4) is 11.3 Å². The van der Waals surface area contributed by atoms with Gasteiger partial charge in [-0.1, -0.05) is 23.2 Å². The predicted molar refractivity (Wildman–Crippen MR) is 95.5 cm³/mol. The second kappa shape index (κ2) is 6.49. The molecule has 1 aromatic heterocycles. The van der Waals surface area contributed by atoms with E-state index in [1.807, 2.05) is 0 Å². The van der Waals surface area contributed by atoms with Crippen LogP contribution in [0.4, 0.5) is 0 Å². The van der Waals surface area contributed by atoms with Crippen molar-refractivity contribution in [1.29, 1.82) is 0 Å². The number of furan rings is 1. The van der Waals surface area contributed by atoms with E-state index < -0.39 is 17.7 Å². The third kappa shape index (κ3) is 3.13. The van der Waals surface area contributed by atoms with Crippen LogP contribution in [0.1, 0.15) is 31.4 Å². The molecule has 1 aromatic carbocycles. The van der Waals surface area contributed by atoms with Gasteiger partial charge < -0.3 is 13.9 Å². The molecule has 2 aromatic rings. The van der Waals surface area contributed by atoms with Crippen molar-refractivity contribution < 1.29 is 23.5 Å². The van der Waals surface area contributed by atoms with Crippen LogP contribution in [0.5, 0.6) is 0 Å². The normalized spacial score (nSPS) is 18.8. The maximum absolute atomic E-state index is 12.3. The van der Waals surface area contributed by atoms with E-state index in [0.29, 0.717) is 40.0 Å². The van der Waals surface area contributed by atoms with Crippen LogP contribution < -0.4 is 0 Å². The number of halogens is 2. The van der Waals surface area contributed by atoms with Crippen LogP contribution in [0.3, 0.4) is 0 Å². The molecule has 0 bridgehead atoms. The Labute approximate surface area is 159 Å². The highest BCUT2D eigenvalue weighted by molar-refractivity contribution is 6.35. The number of hydrogen-bond acceptors (Lipinski definition) is 5. The molecular weight excluding hydrogens is 379 g/mol. The van der Waals surface area contributed by atoms with Crippen molar-refractivity contribution in [2.24, 2.45) is 0 Å². The van der Waals surface area contributed by atoms with Crippen molar-refractivity contribution in [1.82, 2.24) is 0 Å². The van der Waals surface area contributed by atoms with Crippen LogP contribution in [-0.2, 0) is 19.1 Å². The molecule has 1 aliphatic heterocycles. The van der Waals surface area contributed by atoms with Crippen molar-refractivity contribution >= 4 is 41.2 Å². The molecule has 2 heterocycles. The average molecular weight is 393 g/mol. The highest BCUT2D eigenvalue weighted by Gasteiger charge is 2.48. The maximum atomic E-state index is 12.3. The molecule has 2 aliphatic rings. The highest BCUT2D eigenvalue weighted by Crippen LogP contribution is 2.39. The first-order valence-corrected chi connectivity index (χ1v) is 8.95. The minimum absolute atomic E-state index is 0.194. The Bertz CT molecular complexity index is 900. The van der Waals surface area contributed by atoms with Gasteiger partial charge in [0.05, 0.1) is 5.02 Å². The van der Waals surface area contributed by atoms with E-state index in [1.165, 1.54) is 6.08 Å². The first-order chi connectivity index (χ1) is 12.5. The number of ether oxygens (including phenoxy) is 2. The second-order valence-corrected chi connectivity index (χ2v) is 7.12. The molecule has 1 spiro atoms. The lowest BCUT2D eigenvalue weighted by Crippen LogP contribution is -2.44. The number of carbonyl (C=O) groups excluding carboxylic acids is 2. The molecule has 0 atom stereocenters. The summed E-state index contributed by atoms with van der Waals surface area (Å²) in [6.45, 7) is 0. The zero-order valence-electron chi connectivity index (χ0n) is 13.6. The van der Waals surface area contributed by atoms with Crippen LogP contribution in [-0.4, -0.2) is 17.7 Å².